The van der Waals surface area contributed by atoms with Crippen LogP contribution in [0.25, 0.3) is 0 Å². The molecule has 2 aromatic heterocycles. The molecule has 0 saturated carbocycles. The Hall–Kier alpha value is -2.68. The van der Waals surface area contributed by atoms with Crippen LogP contribution in [0.2, 0.25) is 5.02 Å². The second-order valence-electron chi connectivity index (χ2n) is 6.69. The van der Waals surface area contributed by atoms with E-state index >= 15 is 0 Å². The van der Waals surface area contributed by atoms with Gasteiger partial charge in [0.25, 0.3) is 0 Å². The van der Waals surface area contributed by atoms with Gasteiger partial charge in [-0.2, -0.15) is 10.2 Å². The smallest absolute Gasteiger partial charge is 0.175 e. The lowest BCUT2D eigenvalue weighted by Gasteiger charge is -2.07. The number of nitrogens with zero attached hydrogens (tertiary/aromatic N) is 4. The van der Waals surface area contributed by atoms with E-state index in [0.717, 1.165) is 21.4 Å². The molecular weight excluding hydrogens is 484 g/mol. The minimum atomic E-state index is 0.473. The molecule has 0 aliphatic rings. The number of rotatable bonds is 6. The fraction of sp³-hybridized carbons (Fsp3) is 0.0952. The second-order valence-corrected chi connectivity index (χ2v) is 8.45. The van der Waals surface area contributed by atoms with Crippen molar-refractivity contribution >= 4 is 56.2 Å². The van der Waals surface area contributed by atoms with Gasteiger partial charge in [0.2, 0.25) is 0 Å². The fourth-order valence-corrected chi connectivity index (χ4v) is 3.63. The zero-order valence-corrected chi connectivity index (χ0v) is 19.0. The molecule has 9 heteroatoms. The van der Waals surface area contributed by atoms with Crippen LogP contribution in [0.15, 0.2) is 77.8 Å². The maximum absolute atomic E-state index is 6.04. The molecule has 152 valence electrons. The van der Waals surface area contributed by atoms with Crippen molar-refractivity contribution in [1.82, 2.24) is 19.6 Å². The topological polar surface area (TPSA) is 59.7 Å². The first-order valence-electron chi connectivity index (χ1n) is 9.15. The van der Waals surface area contributed by atoms with E-state index in [1.165, 1.54) is 5.56 Å². The summed E-state index contributed by atoms with van der Waals surface area (Å²) in [6.07, 6.45) is 7.29. The monoisotopic (exact) mass is 500 g/mol. The van der Waals surface area contributed by atoms with Crippen LogP contribution in [-0.2, 0) is 13.1 Å². The number of hydrogen-bond acceptors (Lipinski definition) is 3. The number of benzene rings is 2. The predicted molar refractivity (Wildman–Crippen MR) is 128 cm³/mol. The summed E-state index contributed by atoms with van der Waals surface area (Å²) in [5.74, 6) is 0. The average molecular weight is 502 g/mol. The van der Waals surface area contributed by atoms with Crippen molar-refractivity contribution in [3.05, 3.63) is 93.9 Å². The third-order valence-corrected chi connectivity index (χ3v) is 5.24. The zero-order valence-electron chi connectivity index (χ0n) is 15.8. The van der Waals surface area contributed by atoms with Crippen molar-refractivity contribution in [2.24, 2.45) is 0 Å². The largest absolute Gasteiger partial charge is 0.330 e. The highest BCUT2D eigenvalue weighted by Gasteiger charge is 2.05. The molecule has 4 aromatic rings. The normalized spacial score (nSPS) is 10.7. The number of halogens is 2. The van der Waals surface area contributed by atoms with Gasteiger partial charge in [0.05, 0.1) is 36.9 Å². The Morgan fingerprint density at radius 2 is 1.50 bits per heavy atom. The van der Waals surface area contributed by atoms with Crippen LogP contribution in [0.4, 0.5) is 11.4 Å². The van der Waals surface area contributed by atoms with Gasteiger partial charge in [-0.05, 0) is 47.6 Å². The van der Waals surface area contributed by atoms with E-state index in [-0.39, 0.29) is 0 Å². The molecule has 0 spiro atoms. The first kappa shape index (κ1) is 20.6. The standard InChI is InChI=1S/C21H18BrClN6S/c22-17-6-4-15(5-7-17)11-28-13-19(9-24-28)26-21(30)27-20-10-25-29(14-20)12-16-2-1-3-18(23)8-16/h1-10,13-14H,11-12H2,(H2,26,27,30). The molecule has 0 radical (unpaired) electrons. The first-order valence-corrected chi connectivity index (χ1v) is 10.7. The highest BCUT2D eigenvalue weighted by Crippen LogP contribution is 2.15. The van der Waals surface area contributed by atoms with Crippen molar-refractivity contribution in [2.45, 2.75) is 13.1 Å². The molecule has 0 aliphatic heterocycles. The number of thiocarbonyl (C=S) groups is 1. The molecule has 0 bridgehead atoms. The molecule has 2 aromatic carbocycles. The average Bonchev–Trinajstić information content (AvgIpc) is 3.33. The lowest BCUT2D eigenvalue weighted by molar-refractivity contribution is 0.687. The predicted octanol–water partition coefficient (Wildman–Crippen LogP) is 5.40. The van der Waals surface area contributed by atoms with E-state index in [1.807, 2.05) is 58.2 Å². The van der Waals surface area contributed by atoms with Crippen molar-refractivity contribution in [3.63, 3.8) is 0 Å². The molecule has 2 N–H and O–H groups in total. The van der Waals surface area contributed by atoms with Gasteiger partial charge >= 0.3 is 0 Å². The lowest BCUT2D eigenvalue weighted by atomic mass is 10.2. The number of aromatic nitrogens is 4. The molecule has 0 atom stereocenters. The van der Waals surface area contributed by atoms with Crippen molar-refractivity contribution < 1.29 is 0 Å². The second kappa shape index (κ2) is 9.42. The van der Waals surface area contributed by atoms with Gasteiger partial charge in [-0.15, -0.1) is 0 Å². The van der Waals surface area contributed by atoms with E-state index in [9.17, 15) is 0 Å². The summed E-state index contributed by atoms with van der Waals surface area (Å²) in [6.45, 7) is 1.32. The van der Waals surface area contributed by atoms with Gasteiger partial charge in [0.1, 0.15) is 0 Å². The van der Waals surface area contributed by atoms with Crippen LogP contribution in [0.3, 0.4) is 0 Å². The quantitative estimate of drug-likeness (QED) is 0.346. The summed E-state index contributed by atoms with van der Waals surface area (Å²) in [5, 5.41) is 16.2. The number of nitrogens with one attached hydrogen (secondary N) is 2. The Balaban J connectivity index is 1.31. The summed E-state index contributed by atoms with van der Waals surface area (Å²) >= 11 is 14.9. The molecule has 2 heterocycles. The maximum Gasteiger partial charge on any atom is 0.175 e. The molecule has 6 nitrogen and oxygen atoms in total. The van der Waals surface area contributed by atoms with E-state index in [4.69, 9.17) is 23.8 Å². The Morgan fingerprint density at radius 3 is 2.10 bits per heavy atom. The molecule has 0 amide bonds. The van der Waals surface area contributed by atoms with Gasteiger partial charge < -0.3 is 10.6 Å². The molecule has 0 unspecified atom stereocenters. The van der Waals surface area contributed by atoms with Crippen molar-refractivity contribution in [3.8, 4) is 0 Å². The summed E-state index contributed by atoms with van der Waals surface area (Å²) in [4.78, 5) is 0. The Kier molecular flexibility index (Phi) is 6.47. The van der Waals surface area contributed by atoms with Gasteiger partial charge in [-0.25, -0.2) is 0 Å². The van der Waals surface area contributed by atoms with Crippen LogP contribution in [0.1, 0.15) is 11.1 Å². The van der Waals surface area contributed by atoms with Crippen LogP contribution >= 0.6 is 39.7 Å². The Morgan fingerprint density at radius 1 is 0.900 bits per heavy atom. The van der Waals surface area contributed by atoms with Gasteiger partial charge in [-0.1, -0.05) is 51.8 Å². The molecule has 0 aliphatic carbocycles. The highest BCUT2D eigenvalue weighted by molar-refractivity contribution is 9.10. The van der Waals surface area contributed by atoms with E-state index in [0.29, 0.717) is 23.2 Å². The van der Waals surface area contributed by atoms with E-state index in [2.05, 4.69) is 48.9 Å². The SMILES string of the molecule is S=C(Nc1cnn(Cc2ccc(Br)cc2)c1)Nc1cnn(Cc2cccc(Cl)c2)c1. The third-order valence-electron chi connectivity index (χ3n) is 4.27. The molecule has 30 heavy (non-hydrogen) atoms. The van der Waals surface area contributed by atoms with Crippen LogP contribution in [0.5, 0.6) is 0 Å². The molecule has 0 saturated heterocycles. The van der Waals surface area contributed by atoms with E-state index < -0.39 is 0 Å². The summed E-state index contributed by atoms with van der Waals surface area (Å²) in [5.41, 5.74) is 3.87. The Bertz CT molecular complexity index is 1150. The number of anilines is 2. The van der Waals surface area contributed by atoms with E-state index in [1.54, 1.807) is 12.4 Å². The van der Waals surface area contributed by atoms with Gasteiger partial charge in [0, 0.05) is 21.9 Å². The van der Waals surface area contributed by atoms with Gasteiger partial charge in [-0.3, -0.25) is 9.36 Å². The highest BCUT2D eigenvalue weighted by atomic mass is 79.9. The first-order chi connectivity index (χ1) is 14.5. The molecule has 0 fully saturated rings. The van der Waals surface area contributed by atoms with Crippen LogP contribution < -0.4 is 10.6 Å². The summed E-state index contributed by atoms with van der Waals surface area (Å²) in [7, 11) is 0. The summed E-state index contributed by atoms with van der Waals surface area (Å²) in [6, 6.07) is 15.9. The van der Waals surface area contributed by atoms with Crippen LogP contribution in [-0.4, -0.2) is 24.7 Å². The third kappa shape index (κ3) is 5.69. The van der Waals surface area contributed by atoms with Gasteiger partial charge in [0.15, 0.2) is 5.11 Å². The lowest BCUT2D eigenvalue weighted by Crippen LogP contribution is -2.18. The fourth-order valence-electron chi connectivity index (χ4n) is 2.92. The minimum absolute atomic E-state index is 0.473. The summed E-state index contributed by atoms with van der Waals surface area (Å²) < 4.78 is 4.74. The number of hydrogen-bond donors (Lipinski definition) is 2. The van der Waals surface area contributed by atoms with Crippen LogP contribution in [0, 0.1) is 0 Å². The molecular formula is C21H18BrClN6S. The van der Waals surface area contributed by atoms with Crippen molar-refractivity contribution in [2.75, 3.05) is 10.6 Å². The molecule has 4 rings (SSSR count). The van der Waals surface area contributed by atoms with Crippen molar-refractivity contribution in [1.29, 1.82) is 0 Å². The minimum Gasteiger partial charge on any atom is -0.330 e. The maximum atomic E-state index is 6.04. The zero-order chi connectivity index (χ0) is 20.9. The Labute approximate surface area is 193 Å².